The van der Waals surface area contributed by atoms with Crippen LogP contribution in [0.2, 0.25) is 0 Å². The van der Waals surface area contributed by atoms with Gasteiger partial charge in [0.1, 0.15) is 0 Å². The van der Waals surface area contributed by atoms with E-state index in [1.807, 2.05) is 50.2 Å². The van der Waals surface area contributed by atoms with Crippen LogP contribution in [-0.2, 0) is 20.7 Å². The lowest BCUT2D eigenvalue weighted by Crippen LogP contribution is -2.16. The number of anilines is 1. The minimum Gasteiger partial charge on any atom is -0.466 e. The molecule has 0 saturated carbocycles. The lowest BCUT2D eigenvalue weighted by Gasteiger charge is -2.11. The highest BCUT2D eigenvalue weighted by molar-refractivity contribution is 5.93. The van der Waals surface area contributed by atoms with Crippen molar-refractivity contribution in [2.45, 2.75) is 39.5 Å². The highest BCUT2D eigenvalue weighted by atomic mass is 16.5. The van der Waals surface area contributed by atoms with Gasteiger partial charge in [-0.05, 0) is 43.4 Å². The van der Waals surface area contributed by atoms with E-state index in [0.717, 1.165) is 29.7 Å². The number of benzene rings is 2. The number of esters is 1. The topological polar surface area (TPSA) is 55.4 Å². The molecule has 0 atom stereocenters. The van der Waals surface area contributed by atoms with Crippen molar-refractivity contribution < 1.29 is 14.3 Å². The molecule has 0 spiro atoms. The first kappa shape index (κ1) is 18.7. The van der Waals surface area contributed by atoms with E-state index in [9.17, 15) is 9.59 Å². The Bertz CT molecular complexity index is 690. The van der Waals surface area contributed by atoms with Crippen LogP contribution < -0.4 is 5.32 Å². The van der Waals surface area contributed by atoms with Gasteiger partial charge in [0.25, 0.3) is 0 Å². The van der Waals surface area contributed by atoms with Gasteiger partial charge in [0.2, 0.25) is 5.91 Å². The Morgan fingerprint density at radius 2 is 1.60 bits per heavy atom. The van der Waals surface area contributed by atoms with Gasteiger partial charge >= 0.3 is 5.97 Å². The Labute approximate surface area is 149 Å². The molecule has 4 heteroatoms. The van der Waals surface area contributed by atoms with Gasteiger partial charge in [-0.3, -0.25) is 9.59 Å². The summed E-state index contributed by atoms with van der Waals surface area (Å²) in [6.45, 7) is 4.28. The maximum Gasteiger partial charge on any atom is 0.306 e. The lowest BCUT2D eigenvalue weighted by atomic mass is 10.1. The summed E-state index contributed by atoms with van der Waals surface area (Å²) < 4.78 is 5.19. The molecule has 0 saturated heterocycles. The van der Waals surface area contributed by atoms with Crippen LogP contribution in [0.25, 0.3) is 0 Å². The Morgan fingerprint density at radius 3 is 2.28 bits per heavy atom. The van der Waals surface area contributed by atoms with Gasteiger partial charge in [-0.2, -0.15) is 0 Å². The molecule has 1 amide bonds. The zero-order valence-electron chi connectivity index (χ0n) is 14.9. The maximum absolute atomic E-state index is 12.0. The summed E-state index contributed by atoms with van der Waals surface area (Å²) in [5.41, 5.74) is 4.07. The molecular weight excluding hydrogens is 314 g/mol. The normalized spacial score (nSPS) is 10.3. The molecule has 25 heavy (non-hydrogen) atoms. The third kappa shape index (κ3) is 6.42. The molecular formula is C21H25NO3. The fourth-order valence-electron chi connectivity index (χ4n) is 2.61. The zero-order chi connectivity index (χ0) is 18.1. The summed E-state index contributed by atoms with van der Waals surface area (Å²) >= 11 is 0. The first-order chi connectivity index (χ1) is 12.1. The second-order valence-electron chi connectivity index (χ2n) is 6.12. The number of para-hydroxylation sites is 1. The Hall–Kier alpha value is -2.62. The van der Waals surface area contributed by atoms with Crippen molar-refractivity contribution in [3.8, 4) is 0 Å². The molecule has 0 aromatic heterocycles. The maximum atomic E-state index is 12.0. The highest BCUT2D eigenvalue weighted by Crippen LogP contribution is 2.19. The van der Waals surface area contributed by atoms with Gasteiger partial charge in [0.15, 0.2) is 0 Å². The first-order valence-corrected chi connectivity index (χ1v) is 8.62. The number of ether oxygens (including phenoxy) is 1. The van der Waals surface area contributed by atoms with E-state index in [2.05, 4.69) is 17.4 Å². The van der Waals surface area contributed by atoms with Gasteiger partial charge < -0.3 is 10.1 Å². The van der Waals surface area contributed by atoms with E-state index in [1.54, 1.807) is 0 Å². The van der Waals surface area contributed by atoms with Crippen LogP contribution in [0.5, 0.6) is 0 Å². The number of hydrogen-bond acceptors (Lipinski definition) is 3. The molecule has 0 aliphatic heterocycles. The number of aryl methyl sites for hydroxylation is 3. The van der Waals surface area contributed by atoms with Gasteiger partial charge in [0.05, 0.1) is 13.0 Å². The molecule has 1 N–H and O–H groups in total. The largest absolute Gasteiger partial charge is 0.466 e. The van der Waals surface area contributed by atoms with E-state index in [1.165, 1.54) is 5.56 Å². The molecule has 0 heterocycles. The average molecular weight is 339 g/mol. The fraction of sp³-hybridized carbons (Fsp3) is 0.333. The van der Waals surface area contributed by atoms with E-state index >= 15 is 0 Å². The summed E-state index contributed by atoms with van der Waals surface area (Å²) in [6, 6.07) is 15.9. The molecule has 4 nitrogen and oxygen atoms in total. The minimum atomic E-state index is -0.329. The number of nitrogens with one attached hydrogen (secondary N) is 1. The summed E-state index contributed by atoms with van der Waals surface area (Å²) in [7, 11) is 0. The summed E-state index contributed by atoms with van der Waals surface area (Å²) in [6.07, 6.45) is 1.89. The summed E-state index contributed by atoms with van der Waals surface area (Å²) in [4.78, 5) is 23.8. The molecule has 2 rings (SSSR count). The van der Waals surface area contributed by atoms with Crippen LogP contribution in [0.3, 0.4) is 0 Å². The SMILES string of the molecule is Cc1cccc(C)c1NC(=O)CCC(=O)OCCCc1ccccc1. The van der Waals surface area contributed by atoms with Crippen molar-refractivity contribution in [1.82, 2.24) is 0 Å². The second kappa shape index (κ2) is 9.62. The third-order valence-electron chi connectivity index (χ3n) is 4.02. The zero-order valence-corrected chi connectivity index (χ0v) is 14.9. The number of hydrogen-bond donors (Lipinski definition) is 1. The van der Waals surface area contributed by atoms with E-state index in [4.69, 9.17) is 4.74 Å². The summed E-state index contributed by atoms with van der Waals surface area (Å²) in [5.74, 6) is -0.497. The Balaban J connectivity index is 1.65. The van der Waals surface area contributed by atoms with Crippen molar-refractivity contribution in [3.05, 3.63) is 65.2 Å². The molecule has 2 aromatic carbocycles. The Kier molecular flexibility index (Phi) is 7.20. The molecule has 132 valence electrons. The first-order valence-electron chi connectivity index (χ1n) is 8.62. The molecule has 0 fully saturated rings. The molecule has 0 aliphatic rings. The highest BCUT2D eigenvalue weighted by Gasteiger charge is 2.10. The van der Waals surface area contributed by atoms with Crippen LogP contribution in [0.4, 0.5) is 5.69 Å². The standard InChI is InChI=1S/C21H25NO3/c1-16-8-6-9-17(2)21(16)22-19(23)13-14-20(24)25-15-7-12-18-10-4-3-5-11-18/h3-6,8-11H,7,12-15H2,1-2H3,(H,22,23). The van der Waals surface area contributed by atoms with E-state index < -0.39 is 0 Å². The van der Waals surface area contributed by atoms with Crippen molar-refractivity contribution in [2.24, 2.45) is 0 Å². The molecule has 0 aliphatic carbocycles. The minimum absolute atomic E-state index is 0.0993. The fourth-order valence-corrected chi connectivity index (χ4v) is 2.61. The Morgan fingerprint density at radius 1 is 0.920 bits per heavy atom. The number of carbonyl (C=O) groups excluding carboxylic acids is 2. The lowest BCUT2D eigenvalue weighted by molar-refractivity contribution is -0.144. The predicted molar refractivity (Wildman–Crippen MR) is 99.5 cm³/mol. The van der Waals surface area contributed by atoms with Crippen LogP contribution in [0.1, 0.15) is 36.0 Å². The van der Waals surface area contributed by atoms with Crippen LogP contribution in [-0.4, -0.2) is 18.5 Å². The third-order valence-corrected chi connectivity index (χ3v) is 4.02. The monoisotopic (exact) mass is 339 g/mol. The predicted octanol–water partition coefficient (Wildman–Crippen LogP) is 4.20. The second-order valence-corrected chi connectivity index (χ2v) is 6.12. The van der Waals surface area contributed by atoms with Crippen LogP contribution in [0, 0.1) is 13.8 Å². The smallest absolute Gasteiger partial charge is 0.306 e. The van der Waals surface area contributed by atoms with Gasteiger partial charge in [-0.25, -0.2) is 0 Å². The van der Waals surface area contributed by atoms with E-state index in [0.29, 0.717) is 6.61 Å². The molecule has 2 aromatic rings. The van der Waals surface area contributed by atoms with Crippen molar-refractivity contribution in [1.29, 1.82) is 0 Å². The van der Waals surface area contributed by atoms with Crippen molar-refractivity contribution in [3.63, 3.8) is 0 Å². The number of carbonyl (C=O) groups is 2. The molecule has 0 unspecified atom stereocenters. The summed E-state index contributed by atoms with van der Waals surface area (Å²) in [5, 5.41) is 2.88. The van der Waals surface area contributed by atoms with Crippen LogP contribution >= 0.6 is 0 Å². The molecule has 0 bridgehead atoms. The van der Waals surface area contributed by atoms with Crippen molar-refractivity contribution in [2.75, 3.05) is 11.9 Å². The number of rotatable bonds is 8. The van der Waals surface area contributed by atoms with Gasteiger partial charge in [0, 0.05) is 12.1 Å². The average Bonchev–Trinajstić information content (AvgIpc) is 2.61. The van der Waals surface area contributed by atoms with Crippen molar-refractivity contribution >= 4 is 17.6 Å². The van der Waals surface area contributed by atoms with Gasteiger partial charge in [-0.1, -0.05) is 48.5 Å². The molecule has 0 radical (unpaired) electrons. The number of amides is 1. The van der Waals surface area contributed by atoms with Crippen LogP contribution in [0.15, 0.2) is 48.5 Å². The van der Waals surface area contributed by atoms with Gasteiger partial charge in [-0.15, -0.1) is 0 Å². The van der Waals surface area contributed by atoms with E-state index in [-0.39, 0.29) is 24.7 Å². The quantitative estimate of drug-likeness (QED) is 0.579.